The van der Waals surface area contributed by atoms with E-state index in [2.05, 4.69) is 6.92 Å². The molecule has 0 fully saturated rings. The Bertz CT molecular complexity index is 285. The van der Waals surface area contributed by atoms with Crippen molar-refractivity contribution in [1.82, 2.24) is 0 Å². The molecule has 0 radical (unpaired) electrons. The second-order valence-corrected chi connectivity index (χ2v) is 2.90. The topological polar surface area (TPSA) is 0 Å². The van der Waals surface area contributed by atoms with Crippen LogP contribution in [0.1, 0.15) is 24.5 Å². The Hall–Kier alpha value is -1.18. The van der Waals surface area contributed by atoms with Crippen molar-refractivity contribution >= 4 is 5.83 Å². The van der Waals surface area contributed by atoms with Crippen LogP contribution >= 0.6 is 0 Å². The molecular weight excluding hydrogens is 170 g/mol. The first-order valence-corrected chi connectivity index (χ1v) is 4.33. The van der Waals surface area contributed by atoms with Crippen molar-refractivity contribution < 1.29 is 8.78 Å². The van der Waals surface area contributed by atoms with Crippen LogP contribution in [0, 0.1) is 0 Å². The molecule has 0 aliphatic heterocycles. The fourth-order valence-electron chi connectivity index (χ4n) is 1.18. The van der Waals surface area contributed by atoms with Gasteiger partial charge >= 0.3 is 0 Å². The van der Waals surface area contributed by atoms with E-state index in [1.807, 2.05) is 12.1 Å². The van der Waals surface area contributed by atoms with Crippen LogP contribution in [0.2, 0.25) is 0 Å². The molecular formula is C11H12F2. The Kier molecular flexibility index (Phi) is 3.62. The molecule has 0 aliphatic rings. The highest BCUT2D eigenvalue weighted by Gasteiger charge is 1.99. The van der Waals surface area contributed by atoms with Gasteiger partial charge in [-0.1, -0.05) is 37.6 Å². The molecule has 1 aromatic rings. The van der Waals surface area contributed by atoms with E-state index in [-0.39, 0.29) is 6.33 Å². The van der Waals surface area contributed by atoms with Gasteiger partial charge in [-0.3, -0.25) is 0 Å². The molecule has 0 heterocycles. The smallest absolute Gasteiger partial charge is 0.158 e. The Labute approximate surface area is 76.9 Å². The summed E-state index contributed by atoms with van der Waals surface area (Å²) in [5.74, 6) is -0.817. The number of hydrogen-bond donors (Lipinski definition) is 0. The highest BCUT2D eigenvalue weighted by Crippen LogP contribution is 2.16. The van der Waals surface area contributed by atoms with Gasteiger partial charge in [0.15, 0.2) is 5.83 Å². The number of aryl methyl sites for hydroxylation is 1. The summed E-state index contributed by atoms with van der Waals surface area (Å²) in [6, 6.07) is 6.83. The van der Waals surface area contributed by atoms with Crippen LogP contribution in [0.5, 0.6) is 0 Å². The third-order valence-electron chi connectivity index (χ3n) is 1.86. The molecule has 0 aromatic heterocycles. The lowest BCUT2D eigenvalue weighted by molar-refractivity contribution is 0.671. The molecule has 0 aliphatic carbocycles. The van der Waals surface area contributed by atoms with Gasteiger partial charge in [0.25, 0.3) is 0 Å². The second-order valence-electron chi connectivity index (χ2n) is 2.90. The Morgan fingerprint density at radius 2 is 1.92 bits per heavy atom. The van der Waals surface area contributed by atoms with Gasteiger partial charge in [-0.15, -0.1) is 0 Å². The molecule has 0 nitrogen and oxygen atoms in total. The molecule has 1 aromatic carbocycles. The van der Waals surface area contributed by atoms with Crippen molar-refractivity contribution in [3.8, 4) is 0 Å². The highest BCUT2D eigenvalue weighted by molar-refractivity contribution is 5.57. The monoisotopic (exact) mass is 182 g/mol. The first-order chi connectivity index (χ1) is 6.27. The predicted molar refractivity (Wildman–Crippen MR) is 50.6 cm³/mol. The van der Waals surface area contributed by atoms with Crippen LogP contribution in [0.4, 0.5) is 8.78 Å². The molecule has 0 saturated heterocycles. The predicted octanol–water partition coefficient (Wildman–Crippen LogP) is 3.88. The molecule has 0 amide bonds. The largest absolute Gasteiger partial charge is 0.212 e. The summed E-state index contributed by atoms with van der Waals surface area (Å²) in [6.07, 6.45) is 2.01. The Morgan fingerprint density at radius 1 is 1.31 bits per heavy atom. The van der Waals surface area contributed by atoms with Gasteiger partial charge in [-0.2, -0.15) is 0 Å². The molecule has 1 rings (SSSR count). The minimum absolute atomic E-state index is 0.0190. The van der Waals surface area contributed by atoms with Gasteiger partial charge in [-0.25, -0.2) is 8.78 Å². The van der Waals surface area contributed by atoms with E-state index in [1.165, 1.54) is 0 Å². The van der Waals surface area contributed by atoms with Gasteiger partial charge in [0, 0.05) is 5.56 Å². The number of rotatable bonds is 3. The molecule has 0 spiro atoms. The zero-order valence-corrected chi connectivity index (χ0v) is 7.56. The SMILES string of the molecule is CCCc1ccc(C(F)=CF)cc1. The minimum atomic E-state index is -0.817. The summed E-state index contributed by atoms with van der Waals surface area (Å²) in [7, 11) is 0. The van der Waals surface area contributed by atoms with E-state index < -0.39 is 5.83 Å². The fourth-order valence-corrected chi connectivity index (χ4v) is 1.18. The van der Waals surface area contributed by atoms with E-state index in [0.29, 0.717) is 5.56 Å². The fraction of sp³-hybridized carbons (Fsp3) is 0.273. The minimum Gasteiger partial charge on any atom is -0.212 e. The second kappa shape index (κ2) is 4.75. The average Bonchev–Trinajstić information content (AvgIpc) is 2.18. The summed E-state index contributed by atoms with van der Waals surface area (Å²) >= 11 is 0. The zero-order valence-electron chi connectivity index (χ0n) is 7.56. The lowest BCUT2D eigenvalue weighted by Gasteiger charge is -1.99. The van der Waals surface area contributed by atoms with Crippen LogP contribution in [-0.4, -0.2) is 0 Å². The Morgan fingerprint density at radius 3 is 2.38 bits per heavy atom. The molecule has 70 valence electrons. The van der Waals surface area contributed by atoms with Gasteiger partial charge in [0.1, 0.15) is 6.33 Å². The lowest BCUT2D eigenvalue weighted by Crippen LogP contribution is -1.83. The molecule has 0 atom stereocenters. The third-order valence-corrected chi connectivity index (χ3v) is 1.86. The van der Waals surface area contributed by atoms with Crippen molar-refractivity contribution in [3.63, 3.8) is 0 Å². The summed E-state index contributed by atoms with van der Waals surface area (Å²) in [5.41, 5.74) is 1.44. The molecule has 0 unspecified atom stereocenters. The number of hydrogen-bond acceptors (Lipinski definition) is 0. The van der Waals surface area contributed by atoms with Gasteiger partial charge in [0.2, 0.25) is 0 Å². The lowest BCUT2D eigenvalue weighted by atomic mass is 10.1. The van der Waals surface area contributed by atoms with Crippen LogP contribution in [0.3, 0.4) is 0 Å². The van der Waals surface area contributed by atoms with Crippen LogP contribution in [-0.2, 0) is 6.42 Å². The molecule has 0 saturated carbocycles. The summed E-state index contributed by atoms with van der Waals surface area (Å²) in [6.45, 7) is 2.08. The normalized spacial score (nSPS) is 11.8. The van der Waals surface area contributed by atoms with Crippen LogP contribution in [0.15, 0.2) is 30.6 Å². The van der Waals surface area contributed by atoms with Crippen LogP contribution < -0.4 is 0 Å². The molecule has 2 heteroatoms. The maximum atomic E-state index is 12.7. The first kappa shape index (κ1) is 9.90. The van der Waals surface area contributed by atoms with Gasteiger partial charge in [0.05, 0.1) is 0 Å². The van der Waals surface area contributed by atoms with E-state index in [0.717, 1.165) is 18.4 Å². The van der Waals surface area contributed by atoms with E-state index in [1.54, 1.807) is 12.1 Å². The molecule has 0 N–H and O–H groups in total. The summed E-state index contributed by atoms with van der Waals surface area (Å²) in [4.78, 5) is 0. The van der Waals surface area contributed by atoms with E-state index in [9.17, 15) is 8.78 Å². The van der Waals surface area contributed by atoms with Gasteiger partial charge < -0.3 is 0 Å². The highest BCUT2D eigenvalue weighted by atomic mass is 19.2. The number of halogens is 2. The van der Waals surface area contributed by atoms with Crippen molar-refractivity contribution in [1.29, 1.82) is 0 Å². The van der Waals surface area contributed by atoms with Crippen molar-refractivity contribution in [2.75, 3.05) is 0 Å². The average molecular weight is 182 g/mol. The quantitative estimate of drug-likeness (QED) is 0.665. The maximum Gasteiger partial charge on any atom is 0.158 e. The van der Waals surface area contributed by atoms with Gasteiger partial charge in [-0.05, 0) is 12.0 Å². The zero-order chi connectivity index (χ0) is 9.68. The van der Waals surface area contributed by atoms with E-state index in [4.69, 9.17) is 0 Å². The van der Waals surface area contributed by atoms with Crippen molar-refractivity contribution in [2.24, 2.45) is 0 Å². The molecule has 0 bridgehead atoms. The number of benzene rings is 1. The molecule has 13 heavy (non-hydrogen) atoms. The van der Waals surface area contributed by atoms with E-state index >= 15 is 0 Å². The maximum absolute atomic E-state index is 12.7. The van der Waals surface area contributed by atoms with Crippen molar-refractivity contribution in [2.45, 2.75) is 19.8 Å². The third kappa shape index (κ3) is 2.65. The summed E-state index contributed by atoms with van der Waals surface area (Å²) < 4.78 is 24.5. The summed E-state index contributed by atoms with van der Waals surface area (Å²) in [5, 5.41) is 0. The van der Waals surface area contributed by atoms with Crippen LogP contribution in [0.25, 0.3) is 5.83 Å². The Balaban J connectivity index is 2.81. The first-order valence-electron chi connectivity index (χ1n) is 4.33. The standard InChI is InChI=1S/C11H12F2/c1-2-3-9-4-6-10(7-5-9)11(13)8-12/h4-8H,2-3H2,1H3. The van der Waals surface area contributed by atoms with Crippen molar-refractivity contribution in [3.05, 3.63) is 41.7 Å².